The molecule has 1 saturated heterocycles. The molecule has 0 spiro atoms. The van der Waals surface area contributed by atoms with Gasteiger partial charge in [0.25, 0.3) is 5.91 Å². The monoisotopic (exact) mass is 447 g/mol. The molecule has 160 valence electrons. The molecule has 1 amide bonds. The van der Waals surface area contributed by atoms with Crippen LogP contribution in [0.4, 0.5) is 10.8 Å². The van der Waals surface area contributed by atoms with Gasteiger partial charge in [-0.2, -0.15) is 5.26 Å². The van der Waals surface area contributed by atoms with E-state index >= 15 is 0 Å². The largest absolute Gasteiger partial charge is 0.318 e. The molecule has 1 aromatic heterocycles. The van der Waals surface area contributed by atoms with Crippen molar-refractivity contribution in [2.24, 2.45) is 0 Å². The minimum absolute atomic E-state index is 0.108. The summed E-state index contributed by atoms with van der Waals surface area (Å²) in [7, 11) is -1.54. The Labute approximate surface area is 181 Å². The zero-order valence-corrected chi connectivity index (χ0v) is 18.9. The van der Waals surface area contributed by atoms with E-state index in [1.165, 1.54) is 17.8 Å². The first kappa shape index (κ1) is 22.2. The normalized spacial score (nSPS) is 16.9. The van der Waals surface area contributed by atoms with Crippen LogP contribution in [0.2, 0.25) is 0 Å². The van der Waals surface area contributed by atoms with Gasteiger partial charge in [-0.15, -0.1) is 11.3 Å². The smallest absolute Gasteiger partial charge is 0.284 e. The molecule has 1 unspecified atom stereocenters. The highest BCUT2D eigenvalue weighted by Gasteiger charge is 2.25. The van der Waals surface area contributed by atoms with Gasteiger partial charge in [0.05, 0.1) is 17.9 Å². The third-order valence-corrected chi connectivity index (χ3v) is 6.72. The van der Waals surface area contributed by atoms with Gasteiger partial charge >= 0.3 is 0 Å². The Balaban J connectivity index is 1.90. The van der Waals surface area contributed by atoms with E-state index in [4.69, 9.17) is 5.26 Å². The Morgan fingerprint density at radius 1 is 1.40 bits per heavy atom. The summed E-state index contributed by atoms with van der Waals surface area (Å²) >= 11 is 1.35. The Hall–Kier alpha value is -2.48. The molecule has 1 fully saturated rings. The van der Waals surface area contributed by atoms with Gasteiger partial charge in [-0.25, -0.2) is 18.1 Å². The first-order chi connectivity index (χ1) is 14.2. The Kier molecular flexibility index (Phi) is 6.75. The van der Waals surface area contributed by atoms with E-state index in [1.807, 2.05) is 21.8 Å². The van der Waals surface area contributed by atoms with E-state index in [-0.39, 0.29) is 5.69 Å². The van der Waals surface area contributed by atoms with Crippen molar-refractivity contribution in [2.75, 3.05) is 31.3 Å². The second-order valence-electron chi connectivity index (χ2n) is 7.48. The van der Waals surface area contributed by atoms with Crippen molar-refractivity contribution in [1.82, 2.24) is 14.6 Å². The van der Waals surface area contributed by atoms with Crippen molar-refractivity contribution in [2.45, 2.75) is 32.2 Å². The number of hydrogen-bond donors (Lipinski definition) is 1. The van der Waals surface area contributed by atoms with Crippen LogP contribution in [0.5, 0.6) is 0 Å². The van der Waals surface area contributed by atoms with Gasteiger partial charge in [0.15, 0.2) is 5.13 Å². The Bertz CT molecular complexity index is 1060. The van der Waals surface area contributed by atoms with Crippen LogP contribution in [0.25, 0.3) is 0 Å². The van der Waals surface area contributed by atoms with E-state index in [0.717, 1.165) is 31.3 Å². The molecule has 8 nitrogen and oxygen atoms in total. The topological polar surface area (TPSA) is 106 Å². The number of nitrogens with one attached hydrogen (secondary N) is 1. The highest BCUT2D eigenvalue weighted by atomic mass is 32.2. The minimum atomic E-state index is -3.67. The van der Waals surface area contributed by atoms with Crippen LogP contribution in [0.3, 0.4) is 0 Å². The van der Waals surface area contributed by atoms with Gasteiger partial charge < -0.3 is 9.80 Å². The predicted molar refractivity (Wildman–Crippen MR) is 118 cm³/mol. The second kappa shape index (κ2) is 9.12. The van der Waals surface area contributed by atoms with Gasteiger partial charge in [-0.05, 0) is 64.0 Å². The number of carbonyl (C=O) groups is 1. The molecule has 10 heteroatoms. The molecular weight excluding hydrogens is 422 g/mol. The molecule has 0 aliphatic carbocycles. The lowest BCUT2D eigenvalue weighted by Crippen LogP contribution is -2.31. The number of thiazole rings is 1. The third kappa shape index (κ3) is 5.36. The number of likely N-dealkylation sites (tertiary alicyclic amines) is 1. The van der Waals surface area contributed by atoms with Crippen molar-refractivity contribution in [3.63, 3.8) is 0 Å². The fraction of sp³-hybridized carbons (Fsp3) is 0.450. The zero-order valence-electron chi connectivity index (χ0n) is 17.3. The summed E-state index contributed by atoms with van der Waals surface area (Å²) in [5.74, 6) is -0.729. The van der Waals surface area contributed by atoms with Crippen LogP contribution in [-0.2, 0) is 10.0 Å². The number of hydrogen-bond acceptors (Lipinski definition) is 8. The second-order valence-corrected chi connectivity index (χ2v) is 10.4. The third-order valence-electron chi connectivity index (χ3n) is 5.17. The van der Waals surface area contributed by atoms with Crippen LogP contribution in [0, 0.1) is 18.3 Å². The van der Waals surface area contributed by atoms with E-state index in [0.29, 0.717) is 28.2 Å². The lowest BCUT2D eigenvalue weighted by Gasteiger charge is -2.26. The minimum Gasteiger partial charge on any atom is -0.318 e. The fourth-order valence-electron chi connectivity index (χ4n) is 3.60. The van der Waals surface area contributed by atoms with Gasteiger partial charge in [-0.1, -0.05) is 0 Å². The summed E-state index contributed by atoms with van der Waals surface area (Å²) < 4.78 is 24.8. The number of rotatable bonds is 7. The Morgan fingerprint density at radius 3 is 2.67 bits per heavy atom. The number of nitrogens with zero attached hydrogens (tertiary/aromatic N) is 4. The molecule has 0 radical (unpaired) electrons. The van der Waals surface area contributed by atoms with Crippen LogP contribution < -0.4 is 9.62 Å². The van der Waals surface area contributed by atoms with Crippen molar-refractivity contribution in [1.29, 1.82) is 5.26 Å². The summed E-state index contributed by atoms with van der Waals surface area (Å²) in [5.41, 5.74) is 1.55. The summed E-state index contributed by atoms with van der Waals surface area (Å²) in [6.07, 6.45) is 4.20. The van der Waals surface area contributed by atoms with Crippen LogP contribution >= 0.6 is 11.3 Å². The number of carbonyl (C=O) groups excluding carboxylic acids is 1. The maximum Gasteiger partial charge on any atom is 0.284 e. The highest BCUT2D eigenvalue weighted by molar-refractivity contribution is 7.89. The molecule has 1 atom stereocenters. The zero-order chi connectivity index (χ0) is 21.9. The maximum atomic E-state index is 12.3. The van der Waals surface area contributed by atoms with Crippen molar-refractivity contribution in [3.05, 3.63) is 40.4 Å². The number of aromatic nitrogens is 1. The molecular formula is C20H25N5O3S2. The van der Waals surface area contributed by atoms with Crippen molar-refractivity contribution >= 4 is 38.1 Å². The van der Waals surface area contributed by atoms with Crippen molar-refractivity contribution in [3.8, 4) is 6.07 Å². The number of amides is 1. The van der Waals surface area contributed by atoms with Crippen LogP contribution in [-0.4, -0.2) is 56.6 Å². The lowest BCUT2D eigenvalue weighted by atomic mass is 10.1. The van der Waals surface area contributed by atoms with Gasteiger partial charge in [0.2, 0.25) is 10.0 Å². The van der Waals surface area contributed by atoms with Gasteiger partial charge in [0, 0.05) is 23.2 Å². The maximum absolute atomic E-state index is 12.3. The molecule has 3 rings (SSSR count). The molecule has 1 N–H and O–H groups in total. The van der Waals surface area contributed by atoms with Crippen molar-refractivity contribution < 1.29 is 13.2 Å². The lowest BCUT2D eigenvalue weighted by molar-refractivity contribution is 0.0977. The number of nitriles is 1. The average molecular weight is 448 g/mol. The molecule has 1 aromatic carbocycles. The first-order valence-corrected chi connectivity index (χ1v) is 12.4. The molecule has 30 heavy (non-hydrogen) atoms. The van der Waals surface area contributed by atoms with E-state index < -0.39 is 15.9 Å². The first-order valence-electron chi connectivity index (χ1n) is 9.65. The quantitative estimate of drug-likeness (QED) is 0.695. The number of sulfonamides is 1. The summed E-state index contributed by atoms with van der Waals surface area (Å²) in [5, 5.41) is 9.70. The number of aryl methyl sites for hydroxylation is 1. The number of benzene rings is 1. The standard InChI is InChI=1S/C20H25N5O3S2/c1-14-18(19(26)23-30(3,27)28)22-20(29-14)25(12-10-16-5-4-11-24(16)2)17-8-6-15(13-21)7-9-17/h6-9,16H,4-5,10-12H2,1-3H3,(H,23,26). The fourth-order valence-corrected chi connectivity index (χ4v) is 4.98. The SMILES string of the molecule is Cc1sc(N(CCC2CCCN2C)c2ccc(C#N)cc2)nc1C(=O)NS(C)(=O)=O. The molecule has 0 saturated carbocycles. The molecule has 0 bridgehead atoms. The molecule has 1 aliphatic rings. The van der Waals surface area contributed by atoms with E-state index in [2.05, 4.69) is 23.0 Å². The highest BCUT2D eigenvalue weighted by Crippen LogP contribution is 2.33. The van der Waals surface area contributed by atoms with E-state index in [1.54, 1.807) is 19.1 Å². The van der Waals surface area contributed by atoms with Crippen LogP contribution in [0.15, 0.2) is 24.3 Å². The summed E-state index contributed by atoms with van der Waals surface area (Å²) in [4.78, 5) is 21.8. The summed E-state index contributed by atoms with van der Waals surface area (Å²) in [6.45, 7) is 3.54. The average Bonchev–Trinajstić information content (AvgIpc) is 3.27. The Morgan fingerprint density at radius 2 is 2.10 bits per heavy atom. The molecule has 2 aromatic rings. The van der Waals surface area contributed by atoms with Gasteiger partial charge in [-0.3, -0.25) is 4.79 Å². The molecule has 2 heterocycles. The van der Waals surface area contributed by atoms with Crippen LogP contribution in [0.1, 0.15) is 40.2 Å². The van der Waals surface area contributed by atoms with Gasteiger partial charge in [0.1, 0.15) is 5.69 Å². The summed E-state index contributed by atoms with van der Waals surface area (Å²) in [6, 6.07) is 9.84. The predicted octanol–water partition coefficient (Wildman–Crippen LogP) is 2.64. The van der Waals surface area contributed by atoms with E-state index in [9.17, 15) is 13.2 Å². The molecule has 1 aliphatic heterocycles. The number of anilines is 2.